The molecular formula is C25H28N4OS. The highest BCUT2D eigenvalue weighted by molar-refractivity contribution is 7.13. The fraction of sp³-hybridized carbons (Fsp3) is 0.320. The molecule has 0 fully saturated rings. The summed E-state index contributed by atoms with van der Waals surface area (Å²) < 4.78 is 1.70. The van der Waals surface area contributed by atoms with Crippen LogP contribution in [-0.2, 0) is 11.3 Å². The van der Waals surface area contributed by atoms with E-state index in [1.54, 1.807) is 22.2 Å². The highest BCUT2D eigenvalue weighted by Gasteiger charge is 2.17. The molecule has 0 saturated carbocycles. The molecule has 0 aliphatic heterocycles. The molecule has 0 bridgehead atoms. The van der Waals surface area contributed by atoms with Crippen molar-refractivity contribution in [2.24, 2.45) is 0 Å². The van der Waals surface area contributed by atoms with E-state index in [9.17, 15) is 4.79 Å². The summed E-state index contributed by atoms with van der Waals surface area (Å²) in [6.45, 7) is 8.54. The van der Waals surface area contributed by atoms with Crippen LogP contribution >= 0.6 is 11.3 Å². The van der Waals surface area contributed by atoms with Crippen molar-refractivity contribution >= 4 is 28.3 Å². The molecule has 0 radical (unpaired) electrons. The van der Waals surface area contributed by atoms with Crippen LogP contribution in [0.15, 0.2) is 54.0 Å². The maximum atomic E-state index is 12.8. The van der Waals surface area contributed by atoms with Crippen molar-refractivity contribution in [1.29, 1.82) is 0 Å². The van der Waals surface area contributed by atoms with Crippen LogP contribution in [0, 0.1) is 6.92 Å². The number of rotatable bonds is 7. The van der Waals surface area contributed by atoms with Crippen LogP contribution in [-0.4, -0.2) is 20.7 Å². The monoisotopic (exact) mass is 432 g/mol. The van der Waals surface area contributed by atoms with Crippen LogP contribution in [0.5, 0.6) is 0 Å². The van der Waals surface area contributed by atoms with E-state index < -0.39 is 0 Å². The third-order valence-corrected chi connectivity index (χ3v) is 6.79. The van der Waals surface area contributed by atoms with Crippen LogP contribution in [0.2, 0.25) is 0 Å². The zero-order chi connectivity index (χ0) is 22.0. The highest BCUT2D eigenvalue weighted by Crippen LogP contribution is 2.32. The van der Waals surface area contributed by atoms with Gasteiger partial charge in [0.2, 0.25) is 5.91 Å². The number of hydrogen-bond donors (Lipinski definition) is 1. The molecule has 160 valence electrons. The van der Waals surface area contributed by atoms with Crippen molar-refractivity contribution in [3.05, 3.63) is 70.9 Å². The lowest BCUT2D eigenvalue weighted by atomic mass is 9.96. The predicted molar refractivity (Wildman–Crippen MR) is 127 cm³/mol. The zero-order valence-corrected chi connectivity index (χ0v) is 19.2. The Bertz CT molecular complexity index is 1180. The van der Waals surface area contributed by atoms with E-state index in [4.69, 9.17) is 0 Å². The summed E-state index contributed by atoms with van der Waals surface area (Å²) in [5, 5.41) is 10.8. The average Bonchev–Trinajstić information content (AvgIpc) is 3.42. The Morgan fingerprint density at radius 2 is 1.87 bits per heavy atom. The summed E-state index contributed by atoms with van der Waals surface area (Å²) in [7, 11) is 0. The smallest absolute Gasteiger partial charge is 0.242 e. The van der Waals surface area contributed by atoms with E-state index in [-0.39, 0.29) is 18.5 Å². The number of aryl methyl sites for hydroxylation is 1. The number of fused-ring (bicyclic) bond motifs is 1. The number of amides is 1. The van der Waals surface area contributed by atoms with Gasteiger partial charge < -0.3 is 5.32 Å². The number of hydrogen-bond acceptors (Lipinski definition) is 4. The van der Waals surface area contributed by atoms with Crippen molar-refractivity contribution < 1.29 is 4.79 Å². The molecule has 0 aliphatic carbocycles. The fourth-order valence-electron chi connectivity index (χ4n) is 3.88. The SMILES string of the molecule is CCC(C)c1ccc(C(C)NC(=O)Cn2nc(C)c3c(-c4cccs4)ccnc32)cc1. The lowest BCUT2D eigenvalue weighted by molar-refractivity contribution is -0.122. The van der Waals surface area contributed by atoms with Crippen molar-refractivity contribution in [2.45, 2.75) is 52.6 Å². The first-order valence-corrected chi connectivity index (χ1v) is 11.6. The van der Waals surface area contributed by atoms with Gasteiger partial charge in [0, 0.05) is 16.6 Å². The second-order valence-electron chi connectivity index (χ2n) is 8.04. The molecule has 3 aromatic heterocycles. The first kappa shape index (κ1) is 21.2. The summed E-state index contributed by atoms with van der Waals surface area (Å²) in [4.78, 5) is 18.5. The minimum Gasteiger partial charge on any atom is -0.348 e. The van der Waals surface area contributed by atoms with E-state index in [0.29, 0.717) is 5.92 Å². The van der Waals surface area contributed by atoms with Gasteiger partial charge in [0.05, 0.1) is 17.1 Å². The van der Waals surface area contributed by atoms with E-state index in [1.165, 1.54) is 10.4 Å². The summed E-state index contributed by atoms with van der Waals surface area (Å²) in [5.41, 5.74) is 5.16. The quantitative estimate of drug-likeness (QED) is 0.398. The molecule has 31 heavy (non-hydrogen) atoms. The van der Waals surface area contributed by atoms with Crippen LogP contribution in [0.25, 0.3) is 21.5 Å². The number of nitrogens with one attached hydrogen (secondary N) is 1. The minimum absolute atomic E-state index is 0.0731. The molecule has 2 atom stereocenters. The maximum Gasteiger partial charge on any atom is 0.242 e. The molecule has 0 spiro atoms. The number of carbonyl (C=O) groups excluding carboxylic acids is 1. The second-order valence-corrected chi connectivity index (χ2v) is 8.99. The van der Waals surface area contributed by atoms with Crippen LogP contribution in [0.3, 0.4) is 0 Å². The molecule has 5 nitrogen and oxygen atoms in total. The number of nitrogens with zero attached hydrogens (tertiary/aromatic N) is 3. The third-order valence-electron chi connectivity index (χ3n) is 5.88. The van der Waals surface area contributed by atoms with Gasteiger partial charge in [0.15, 0.2) is 5.65 Å². The minimum atomic E-state index is -0.0776. The Labute approximate surface area is 187 Å². The van der Waals surface area contributed by atoms with Crippen LogP contribution in [0.4, 0.5) is 0 Å². The number of benzene rings is 1. The van der Waals surface area contributed by atoms with Gasteiger partial charge in [-0.25, -0.2) is 9.67 Å². The van der Waals surface area contributed by atoms with Crippen LogP contribution < -0.4 is 5.32 Å². The number of pyridine rings is 1. The highest BCUT2D eigenvalue weighted by atomic mass is 32.1. The molecule has 0 saturated heterocycles. The number of carbonyl (C=O) groups is 1. The van der Waals surface area contributed by atoms with Gasteiger partial charge in [-0.1, -0.05) is 44.2 Å². The van der Waals surface area contributed by atoms with Crippen molar-refractivity contribution in [3.63, 3.8) is 0 Å². The molecule has 2 unspecified atom stereocenters. The Morgan fingerprint density at radius 3 is 2.55 bits per heavy atom. The van der Waals surface area contributed by atoms with Crippen molar-refractivity contribution in [2.75, 3.05) is 0 Å². The molecule has 3 heterocycles. The summed E-state index contributed by atoms with van der Waals surface area (Å²) in [6, 6.07) is 14.6. The van der Waals surface area contributed by atoms with Gasteiger partial charge in [-0.15, -0.1) is 11.3 Å². The molecule has 1 N–H and O–H groups in total. The van der Waals surface area contributed by atoms with Crippen LogP contribution in [0.1, 0.15) is 56.0 Å². The Balaban J connectivity index is 1.50. The molecule has 4 aromatic rings. The standard InChI is InChI=1S/C25H28N4OS/c1-5-16(2)19-8-10-20(11-9-19)17(3)27-23(30)15-29-25-24(18(4)28-29)21(12-13-26-25)22-7-6-14-31-22/h6-14,16-17H,5,15H2,1-4H3,(H,27,30). The fourth-order valence-corrected chi connectivity index (χ4v) is 4.64. The Kier molecular flexibility index (Phi) is 6.18. The molecule has 4 rings (SSSR count). The predicted octanol–water partition coefficient (Wildman–Crippen LogP) is 5.86. The maximum absolute atomic E-state index is 12.8. The van der Waals surface area contributed by atoms with Crippen molar-refractivity contribution in [1.82, 2.24) is 20.1 Å². The first-order valence-electron chi connectivity index (χ1n) is 10.7. The molecule has 1 amide bonds. The van der Waals surface area contributed by atoms with Gasteiger partial charge in [-0.3, -0.25) is 4.79 Å². The second kappa shape index (κ2) is 9.02. The Morgan fingerprint density at radius 1 is 1.13 bits per heavy atom. The lowest BCUT2D eigenvalue weighted by Crippen LogP contribution is -2.30. The normalized spacial score (nSPS) is 13.3. The zero-order valence-electron chi connectivity index (χ0n) is 18.4. The summed E-state index contributed by atoms with van der Waals surface area (Å²) in [6.07, 6.45) is 2.90. The summed E-state index contributed by atoms with van der Waals surface area (Å²) in [5.74, 6) is 0.466. The van der Waals surface area contributed by atoms with Gasteiger partial charge in [-0.2, -0.15) is 5.10 Å². The molecule has 1 aromatic carbocycles. The number of thiophene rings is 1. The molecular weight excluding hydrogens is 404 g/mol. The Hall–Kier alpha value is -2.99. The number of aromatic nitrogens is 3. The van der Waals surface area contributed by atoms with E-state index in [0.717, 1.165) is 34.3 Å². The van der Waals surface area contributed by atoms with Crippen molar-refractivity contribution in [3.8, 4) is 10.4 Å². The third kappa shape index (κ3) is 4.39. The van der Waals surface area contributed by atoms with E-state index >= 15 is 0 Å². The summed E-state index contributed by atoms with van der Waals surface area (Å²) >= 11 is 1.69. The molecule has 0 aliphatic rings. The topological polar surface area (TPSA) is 59.8 Å². The largest absolute Gasteiger partial charge is 0.348 e. The van der Waals surface area contributed by atoms with E-state index in [2.05, 4.69) is 65.0 Å². The van der Waals surface area contributed by atoms with E-state index in [1.807, 2.05) is 26.0 Å². The van der Waals surface area contributed by atoms with Gasteiger partial charge in [0.25, 0.3) is 0 Å². The average molecular weight is 433 g/mol. The lowest BCUT2D eigenvalue weighted by Gasteiger charge is -2.16. The van der Waals surface area contributed by atoms with Gasteiger partial charge in [-0.05, 0) is 54.8 Å². The van der Waals surface area contributed by atoms with Gasteiger partial charge >= 0.3 is 0 Å². The first-order chi connectivity index (χ1) is 15.0. The van der Waals surface area contributed by atoms with Gasteiger partial charge in [0.1, 0.15) is 6.54 Å². The molecule has 6 heteroatoms.